The van der Waals surface area contributed by atoms with Gasteiger partial charge in [0.05, 0.1) is 18.8 Å². The first kappa shape index (κ1) is 17.5. The molecule has 0 aliphatic rings. The molecule has 1 aromatic heterocycles. The lowest BCUT2D eigenvalue weighted by Crippen LogP contribution is -2.24. The molecule has 0 unspecified atom stereocenters. The fourth-order valence-corrected chi connectivity index (χ4v) is 2.91. The first-order valence-electron chi connectivity index (χ1n) is 8.19. The molecule has 0 fully saturated rings. The number of aromatic hydroxyl groups is 1. The second-order valence-corrected chi connectivity index (χ2v) is 5.94. The lowest BCUT2D eigenvalue weighted by Gasteiger charge is -2.22. The molecule has 0 amide bonds. The number of aliphatic hydroxyl groups excluding tert-OH is 1. The number of benzene rings is 1. The number of hydrogen-bond acceptors (Lipinski definition) is 4. The van der Waals surface area contributed by atoms with Crippen molar-refractivity contribution < 1.29 is 10.2 Å². The molecule has 1 aromatic carbocycles. The van der Waals surface area contributed by atoms with E-state index in [1.807, 2.05) is 29.8 Å². The minimum atomic E-state index is 0.0952. The molecular formula is C18H27N3O2. The van der Waals surface area contributed by atoms with Crippen LogP contribution < -0.4 is 0 Å². The summed E-state index contributed by atoms with van der Waals surface area (Å²) < 4.78 is 1.87. The van der Waals surface area contributed by atoms with Gasteiger partial charge in [0.1, 0.15) is 5.75 Å². The number of aliphatic hydroxyl groups is 1. The summed E-state index contributed by atoms with van der Waals surface area (Å²) in [4.78, 5) is 2.33. The maximum absolute atomic E-state index is 10.0. The molecule has 0 aliphatic carbocycles. The van der Waals surface area contributed by atoms with Crippen LogP contribution in [-0.4, -0.2) is 38.0 Å². The fourth-order valence-electron chi connectivity index (χ4n) is 2.91. The summed E-state index contributed by atoms with van der Waals surface area (Å²) >= 11 is 0. The third-order valence-corrected chi connectivity index (χ3v) is 4.15. The summed E-state index contributed by atoms with van der Waals surface area (Å²) in [7, 11) is 0. The van der Waals surface area contributed by atoms with Crippen LogP contribution in [0.15, 0.2) is 24.3 Å². The van der Waals surface area contributed by atoms with Crippen LogP contribution in [0.4, 0.5) is 0 Å². The smallest absolute Gasteiger partial charge is 0.120 e. The minimum Gasteiger partial charge on any atom is -0.508 e. The summed E-state index contributed by atoms with van der Waals surface area (Å²) in [5.74, 6) is 0.345. The van der Waals surface area contributed by atoms with Gasteiger partial charge < -0.3 is 10.2 Å². The van der Waals surface area contributed by atoms with Crippen molar-refractivity contribution in [2.24, 2.45) is 0 Å². The SMILES string of the molecule is CCCN(Cc1ccccc1O)Cc1c(C)nn(CCO)c1C. The van der Waals surface area contributed by atoms with Gasteiger partial charge in [-0.3, -0.25) is 9.58 Å². The molecule has 5 nitrogen and oxygen atoms in total. The molecule has 2 rings (SSSR count). The van der Waals surface area contributed by atoms with E-state index in [1.54, 1.807) is 6.07 Å². The normalized spacial score (nSPS) is 11.3. The Bertz CT molecular complexity index is 637. The standard InChI is InChI=1S/C18H27N3O2/c1-4-9-20(12-16-7-5-6-8-18(16)23)13-17-14(2)19-21(10-11-22)15(17)3/h5-8,22-23H,4,9-13H2,1-3H3. The van der Waals surface area contributed by atoms with Crippen LogP contribution in [0.5, 0.6) is 5.75 Å². The van der Waals surface area contributed by atoms with E-state index in [9.17, 15) is 5.11 Å². The van der Waals surface area contributed by atoms with Crippen molar-refractivity contribution in [2.75, 3.05) is 13.2 Å². The third kappa shape index (κ3) is 4.33. The fraction of sp³-hybridized carbons (Fsp3) is 0.500. The zero-order valence-electron chi connectivity index (χ0n) is 14.3. The predicted molar refractivity (Wildman–Crippen MR) is 91.3 cm³/mol. The average Bonchev–Trinajstić information content (AvgIpc) is 2.78. The lowest BCUT2D eigenvalue weighted by atomic mass is 10.1. The van der Waals surface area contributed by atoms with Crippen molar-refractivity contribution in [2.45, 2.75) is 46.8 Å². The number of nitrogens with zero attached hydrogens (tertiary/aromatic N) is 3. The zero-order valence-corrected chi connectivity index (χ0v) is 14.3. The van der Waals surface area contributed by atoms with E-state index in [0.29, 0.717) is 18.8 Å². The zero-order chi connectivity index (χ0) is 16.8. The Hall–Kier alpha value is -1.85. The van der Waals surface area contributed by atoms with Crippen LogP contribution in [0, 0.1) is 13.8 Å². The van der Waals surface area contributed by atoms with Crippen LogP contribution in [0.25, 0.3) is 0 Å². The number of aryl methyl sites for hydroxylation is 1. The molecule has 2 aromatic rings. The average molecular weight is 317 g/mol. The van der Waals surface area contributed by atoms with Gasteiger partial charge in [0, 0.05) is 29.9 Å². The van der Waals surface area contributed by atoms with Gasteiger partial charge in [-0.1, -0.05) is 25.1 Å². The lowest BCUT2D eigenvalue weighted by molar-refractivity contribution is 0.252. The summed E-state index contributed by atoms with van der Waals surface area (Å²) in [6, 6.07) is 7.49. The number of hydrogen-bond donors (Lipinski definition) is 2. The molecule has 1 heterocycles. The molecule has 0 spiro atoms. The van der Waals surface area contributed by atoms with Crippen molar-refractivity contribution in [3.05, 3.63) is 46.8 Å². The Morgan fingerprint density at radius 1 is 1.17 bits per heavy atom. The van der Waals surface area contributed by atoms with Gasteiger partial charge in [0.2, 0.25) is 0 Å². The van der Waals surface area contributed by atoms with Gasteiger partial charge in [-0.15, -0.1) is 0 Å². The molecule has 2 N–H and O–H groups in total. The monoisotopic (exact) mass is 317 g/mol. The second-order valence-electron chi connectivity index (χ2n) is 5.94. The highest BCUT2D eigenvalue weighted by Crippen LogP contribution is 2.21. The van der Waals surface area contributed by atoms with Crippen LogP contribution >= 0.6 is 0 Å². The van der Waals surface area contributed by atoms with Gasteiger partial charge in [-0.2, -0.15) is 5.10 Å². The van der Waals surface area contributed by atoms with E-state index in [-0.39, 0.29) is 6.61 Å². The number of aromatic nitrogens is 2. The number of phenols is 1. The first-order valence-corrected chi connectivity index (χ1v) is 8.19. The molecule has 0 aliphatic heterocycles. The molecule has 0 saturated carbocycles. The summed E-state index contributed by atoms with van der Waals surface area (Å²) in [6.45, 7) is 9.31. The molecule has 126 valence electrons. The number of rotatable bonds is 8. The number of para-hydroxylation sites is 1. The highest BCUT2D eigenvalue weighted by molar-refractivity contribution is 5.32. The van der Waals surface area contributed by atoms with E-state index in [2.05, 4.69) is 23.8 Å². The molecule has 0 bridgehead atoms. The Kier molecular flexibility index (Phi) is 6.19. The molecular weight excluding hydrogens is 290 g/mol. The largest absolute Gasteiger partial charge is 0.508 e. The van der Waals surface area contributed by atoms with Crippen LogP contribution in [-0.2, 0) is 19.6 Å². The van der Waals surface area contributed by atoms with E-state index >= 15 is 0 Å². The molecule has 5 heteroatoms. The van der Waals surface area contributed by atoms with Crippen molar-refractivity contribution in [1.29, 1.82) is 0 Å². The highest BCUT2D eigenvalue weighted by Gasteiger charge is 2.16. The van der Waals surface area contributed by atoms with Crippen LogP contribution in [0.3, 0.4) is 0 Å². The van der Waals surface area contributed by atoms with E-state index in [1.165, 1.54) is 5.56 Å². The Morgan fingerprint density at radius 3 is 2.57 bits per heavy atom. The van der Waals surface area contributed by atoms with Gasteiger partial charge in [0.25, 0.3) is 0 Å². The van der Waals surface area contributed by atoms with E-state index in [0.717, 1.165) is 36.5 Å². The van der Waals surface area contributed by atoms with Gasteiger partial charge in [-0.05, 0) is 32.9 Å². The van der Waals surface area contributed by atoms with Crippen molar-refractivity contribution in [1.82, 2.24) is 14.7 Å². The van der Waals surface area contributed by atoms with Gasteiger partial charge >= 0.3 is 0 Å². The Balaban J connectivity index is 2.18. The van der Waals surface area contributed by atoms with Crippen LogP contribution in [0.2, 0.25) is 0 Å². The minimum absolute atomic E-state index is 0.0952. The van der Waals surface area contributed by atoms with Crippen molar-refractivity contribution >= 4 is 0 Å². The maximum atomic E-state index is 10.0. The van der Waals surface area contributed by atoms with E-state index < -0.39 is 0 Å². The summed E-state index contributed by atoms with van der Waals surface area (Å²) in [6.07, 6.45) is 1.05. The van der Waals surface area contributed by atoms with Gasteiger partial charge in [-0.25, -0.2) is 0 Å². The first-order chi connectivity index (χ1) is 11.1. The summed E-state index contributed by atoms with van der Waals surface area (Å²) in [5.41, 5.74) is 4.27. The number of phenolic OH excluding ortho intramolecular Hbond substituents is 1. The van der Waals surface area contributed by atoms with E-state index in [4.69, 9.17) is 5.11 Å². The Labute approximate surface area is 138 Å². The van der Waals surface area contributed by atoms with Crippen LogP contribution in [0.1, 0.15) is 35.9 Å². The van der Waals surface area contributed by atoms with Gasteiger partial charge in [0.15, 0.2) is 0 Å². The molecule has 23 heavy (non-hydrogen) atoms. The maximum Gasteiger partial charge on any atom is 0.120 e. The molecule has 0 radical (unpaired) electrons. The molecule has 0 saturated heterocycles. The topological polar surface area (TPSA) is 61.5 Å². The third-order valence-electron chi connectivity index (χ3n) is 4.15. The quantitative estimate of drug-likeness (QED) is 0.785. The highest BCUT2D eigenvalue weighted by atomic mass is 16.3. The Morgan fingerprint density at radius 2 is 1.91 bits per heavy atom. The molecule has 0 atom stereocenters. The van der Waals surface area contributed by atoms with Crippen molar-refractivity contribution in [3.63, 3.8) is 0 Å². The summed E-state index contributed by atoms with van der Waals surface area (Å²) in [5, 5.41) is 23.7. The second kappa shape index (κ2) is 8.13. The van der Waals surface area contributed by atoms with Crippen molar-refractivity contribution in [3.8, 4) is 5.75 Å². The predicted octanol–water partition coefficient (Wildman–Crippen LogP) is 2.61.